The Balaban J connectivity index is 2.39. The first kappa shape index (κ1) is 13.1. The molecule has 1 unspecified atom stereocenters. The molecule has 1 N–H and O–H groups in total. The number of hydrogen-bond acceptors (Lipinski definition) is 2. The summed E-state index contributed by atoms with van der Waals surface area (Å²) in [5.41, 5.74) is 1.27. The van der Waals surface area contributed by atoms with Gasteiger partial charge in [0.25, 0.3) is 0 Å². The number of rotatable bonds is 3. The SMILES string of the molecule is COc1cc(Br)ccc1C(O)c1ccc(F)cc1. The Bertz CT molecular complexity index is 540. The Kier molecular flexibility index (Phi) is 3.99. The highest BCUT2D eigenvalue weighted by Crippen LogP contribution is 2.32. The van der Waals surface area contributed by atoms with E-state index in [1.807, 2.05) is 6.07 Å². The number of halogens is 2. The summed E-state index contributed by atoms with van der Waals surface area (Å²) in [7, 11) is 1.54. The van der Waals surface area contributed by atoms with Crippen LogP contribution < -0.4 is 4.74 Å². The highest BCUT2D eigenvalue weighted by Gasteiger charge is 2.15. The summed E-state index contributed by atoms with van der Waals surface area (Å²) in [6.07, 6.45) is -0.839. The van der Waals surface area contributed by atoms with E-state index in [1.54, 1.807) is 31.4 Å². The van der Waals surface area contributed by atoms with Crippen molar-refractivity contribution in [1.29, 1.82) is 0 Å². The van der Waals surface area contributed by atoms with E-state index in [2.05, 4.69) is 15.9 Å². The first-order valence-electron chi connectivity index (χ1n) is 5.39. The van der Waals surface area contributed by atoms with E-state index < -0.39 is 6.10 Å². The van der Waals surface area contributed by atoms with Gasteiger partial charge in [-0.25, -0.2) is 4.39 Å². The van der Waals surface area contributed by atoms with Gasteiger partial charge in [-0.15, -0.1) is 0 Å². The van der Waals surface area contributed by atoms with E-state index in [0.717, 1.165) is 4.47 Å². The topological polar surface area (TPSA) is 29.5 Å². The third kappa shape index (κ3) is 2.71. The van der Waals surface area contributed by atoms with Crippen LogP contribution in [0.5, 0.6) is 5.75 Å². The summed E-state index contributed by atoms with van der Waals surface area (Å²) in [4.78, 5) is 0. The van der Waals surface area contributed by atoms with Crippen molar-refractivity contribution in [2.75, 3.05) is 7.11 Å². The monoisotopic (exact) mass is 310 g/mol. The lowest BCUT2D eigenvalue weighted by Gasteiger charge is -2.15. The van der Waals surface area contributed by atoms with Gasteiger partial charge >= 0.3 is 0 Å². The van der Waals surface area contributed by atoms with Gasteiger partial charge in [-0.05, 0) is 29.8 Å². The standard InChI is InChI=1S/C14H12BrFO2/c1-18-13-8-10(15)4-7-12(13)14(17)9-2-5-11(16)6-3-9/h2-8,14,17H,1H3. The second-order valence-electron chi connectivity index (χ2n) is 3.84. The van der Waals surface area contributed by atoms with Gasteiger partial charge < -0.3 is 9.84 Å². The molecule has 18 heavy (non-hydrogen) atoms. The maximum Gasteiger partial charge on any atom is 0.126 e. The summed E-state index contributed by atoms with van der Waals surface area (Å²) in [5, 5.41) is 10.3. The van der Waals surface area contributed by atoms with Gasteiger partial charge in [0.15, 0.2) is 0 Å². The Morgan fingerprint density at radius 1 is 1.17 bits per heavy atom. The fourth-order valence-corrected chi connectivity index (χ4v) is 2.08. The van der Waals surface area contributed by atoms with Crippen LogP contribution in [0.25, 0.3) is 0 Å². The largest absolute Gasteiger partial charge is 0.496 e. The van der Waals surface area contributed by atoms with Crippen molar-refractivity contribution >= 4 is 15.9 Å². The lowest BCUT2D eigenvalue weighted by Crippen LogP contribution is -2.02. The van der Waals surface area contributed by atoms with Crippen LogP contribution in [0.15, 0.2) is 46.9 Å². The minimum absolute atomic E-state index is 0.325. The van der Waals surface area contributed by atoms with E-state index in [-0.39, 0.29) is 5.82 Å². The van der Waals surface area contributed by atoms with Gasteiger partial charge in [-0.1, -0.05) is 34.1 Å². The third-order valence-electron chi connectivity index (χ3n) is 2.68. The number of methoxy groups -OCH3 is 1. The Morgan fingerprint density at radius 3 is 2.44 bits per heavy atom. The van der Waals surface area contributed by atoms with Crippen molar-refractivity contribution in [3.05, 3.63) is 63.9 Å². The Hall–Kier alpha value is -1.39. The molecule has 0 saturated heterocycles. The quantitative estimate of drug-likeness (QED) is 0.937. The predicted molar refractivity (Wildman–Crippen MR) is 71.2 cm³/mol. The molecule has 0 fully saturated rings. The second kappa shape index (κ2) is 5.50. The molecular weight excluding hydrogens is 299 g/mol. The zero-order chi connectivity index (χ0) is 13.1. The normalized spacial score (nSPS) is 12.2. The molecule has 0 spiro atoms. The first-order valence-corrected chi connectivity index (χ1v) is 6.18. The molecule has 2 aromatic carbocycles. The summed E-state index contributed by atoms with van der Waals surface area (Å²) in [6.45, 7) is 0. The highest BCUT2D eigenvalue weighted by atomic mass is 79.9. The van der Waals surface area contributed by atoms with Crippen LogP contribution in [0.3, 0.4) is 0 Å². The molecule has 0 aliphatic rings. The van der Waals surface area contributed by atoms with Crippen molar-refractivity contribution in [3.8, 4) is 5.75 Å². The molecule has 0 amide bonds. The smallest absolute Gasteiger partial charge is 0.126 e. The summed E-state index contributed by atoms with van der Waals surface area (Å²) >= 11 is 3.34. The van der Waals surface area contributed by atoms with Crippen LogP contribution in [-0.4, -0.2) is 12.2 Å². The fraction of sp³-hybridized carbons (Fsp3) is 0.143. The lowest BCUT2D eigenvalue weighted by atomic mass is 10.0. The molecule has 0 saturated carbocycles. The molecule has 94 valence electrons. The molecule has 2 rings (SSSR count). The molecule has 4 heteroatoms. The van der Waals surface area contributed by atoms with Crippen molar-refractivity contribution in [2.45, 2.75) is 6.10 Å². The van der Waals surface area contributed by atoms with Crippen LogP contribution in [-0.2, 0) is 0 Å². The molecular formula is C14H12BrFO2. The Labute approximate surface area is 113 Å². The maximum atomic E-state index is 12.8. The fourth-order valence-electron chi connectivity index (χ4n) is 1.74. The molecule has 0 aromatic heterocycles. The summed E-state index contributed by atoms with van der Waals surface area (Å²) in [6, 6.07) is 11.1. The van der Waals surface area contributed by atoms with Crippen molar-refractivity contribution in [2.24, 2.45) is 0 Å². The van der Waals surface area contributed by atoms with Crippen LogP contribution in [0.2, 0.25) is 0 Å². The highest BCUT2D eigenvalue weighted by molar-refractivity contribution is 9.10. The molecule has 0 radical (unpaired) electrons. The molecule has 1 atom stereocenters. The minimum Gasteiger partial charge on any atom is -0.496 e. The lowest BCUT2D eigenvalue weighted by molar-refractivity contribution is 0.214. The summed E-state index contributed by atoms with van der Waals surface area (Å²) in [5.74, 6) is 0.259. The molecule has 0 aliphatic carbocycles. The second-order valence-corrected chi connectivity index (χ2v) is 4.76. The number of aliphatic hydroxyl groups is 1. The first-order chi connectivity index (χ1) is 8.61. The van der Waals surface area contributed by atoms with Gasteiger partial charge in [0, 0.05) is 10.0 Å². The van der Waals surface area contributed by atoms with Crippen molar-refractivity contribution in [1.82, 2.24) is 0 Å². The Morgan fingerprint density at radius 2 is 1.83 bits per heavy atom. The average molecular weight is 311 g/mol. The number of ether oxygens (including phenoxy) is 1. The van der Waals surface area contributed by atoms with Crippen molar-refractivity contribution in [3.63, 3.8) is 0 Å². The van der Waals surface area contributed by atoms with Crippen LogP contribution in [0.1, 0.15) is 17.2 Å². The average Bonchev–Trinajstić information content (AvgIpc) is 2.38. The third-order valence-corrected chi connectivity index (χ3v) is 3.17. The van der Waals surface area contributed by atoms with Gasteiger partial charge in [0.1, 0.15) is 17.7 Å². The zero-order valence-electron chi connectivity index (χ0n) is 9.73. The molecule has 2 aromatic rings. The van der Waals surface area contributed by atoms with Gasteiger partial charge in [0.05, 0.1) is 7.11 Å². The summed E-state index contributed by atoms with van der Waals surface area (Å²) < 4.78 is 18.9. The molecule has 0 bridgehead atoms. The van der Waals surface area contributed by atoms with E-state index in [4.69, 9.17) is 4.74 Å². The van der Waals surface area contributed by atoms with Gasteiger partial charge in [-0.3, -0.25) is 0 Å². The van der Waals surface area contributed by atoms with Gasteiger partial charge in [-0.2, -0.15) is 0 Å². The molecule has 0 aliphatic heterocycles. The zero-order valence-corrected chi connectivity index (χ0v) is 11.3. The number of benzene rings is 2. The van der Waals surface area contributed by atoms with Crippen LogP contribution in [0.4, 0.5) is 4.39 Å². The molecule has 0 heterocycles. The van der Waals surface area contributed by atoms with Crippen LogP contribution >= 0.6 is 15.9 Å². The van der Waals surface area contributed by atoms with E-state index in [0.29, 0.717) is 16.9 Å². The molecule has 2 nitrogen and oxygen atoms in total. The van der Waals surface area contributed by atoms with E-state index in [1.165, 1.54) is 12.1 Å². The maximum absolute atomic E-state index is 12.8. The van der Waals surface area contributed by atoms with Crippen LogP contribution in [0, 0.1) is 5.82 Å². The van der Waals surface area contributed by atoms with Crippen molar-refractivity contribution < 1.29 is 14.2 Å². The van der Waals surface area contributed by atoms with E-state index in [9.17, 15) is 9.50 Å². The van der Waals surface area contributed by atoms with Gasteiger partial charge in [0.2, 0.25) is 0 Å². The predicted octanol–water partition coefficient (Wildman–Crippen LogP) is 3.68. The number of aliphatic hydroxyl groups excluding tert-OH is 1. The van der Waals surface area contributed by atoms with E-state index >= 15 is 0 Å². The minimum atomic E-state index is -0.839. The number of hydrogen-bond donors (Lipinski definition) is 1.